The van der Waals surface area contributed by atoms with Crippen LogP contribution in [0.4, 0.5) is 11.4 Å². The Kier molecular flexibility index (Phi) is 6.17. The van der Waals surface area contributed by atoms with Crippen LogP contribution in [-0.2, 0) is 5.41 Å². The Morgan fingerprint density at radius 1 is 0.576 bits per heavy atom. The summed E-state index contributed by atoms with van der Waals surface area (Å²) in [4.78, 5) is 2.26. The van der Waals surface area contributed by atoms with Crippen LogP contribution < -0.4 is 4.90 Å². The zero-order chi connectivity index (χ0) is 23.8. The standard InChI is InChI=1S/C30H29N.C2H6/c1-20-16-21(2)18-25(17-20)31(5)24-13-10-22(11-14-24)23-12-15-27-26-8-6-7-9-28(26)30(3,4)29(27)19-23;1-2/h6-19H,1-5H3;1-2H3. The quantitative estimate of drug-likeness (QED) is 0.311. The third-order valence-corrected chi connectivity index (χ3v) is 6.77. The molecule has 0 saturated carbocycles. The van der Waals surface area contributed by atoms with Crippen LogP contribution in [0.1, 0.15) is 49.9 Å². The van der Waals surface area contributed by atoms with Gasteiger partial charge in [-0.2, -0.15) is 0 Å². The zero-order valence-corrected chi connectivity index (χ0v) is 21.0. The molecule has 0 saturated heterocycles. The number of fused-ring (bicyclic) bond motifs is 3. The Labute approximate surface area is 199 Å². The fourth-order valence-corrected chi connectivity index (χ4v) is 5.05. The average Bonchev–Trinajstić information content (AvgIpc) is 3.06. The summed E-state index contributed by atoms with van der Waals surface area (Å²) >= 11 is 0. The Morgan fingerprint density at radius 3 is 1.82 bits per heavy atom. The van der Waals surface area contributed by atoms with Crippen molar-refractivity contribution in [3.63, 3.8) is 0 Å². The van der Waals surface area contributed by atoms with Gasteiger partial charge in [0.25, 0.3) is 0 Å². The van der Waals surface area contributed by atoms with Crippen molar-refractivity contribution in [2.75, 3.05) is 11.9 Å². The molecule has 0 aromatic heterocycles. The summed E-state index contributed by atoms with van der Waals surface area (Å²) in [6, 6.07) is 31.4. The molecule has 0 spiro atoms. The highest BCUT2D eigenvalue weighted by Gasteiger charge is 2.35. The summed E-state index contributed by atoms with van der Waals surface area (Å²) in [5.41, 5.74) is 13.2. The van der Waals surface area contributed by atoms with Crippen LogP contribution in [0.3, 0.4) is 0 Å². The lowest BCUT2D eigenvalue weighted by molar-refractivity contribution is 0.660. The lowest BCUT2D eigenvalue weighted by Gasteiger charge is -2.22. The Hall–Kier alpha value is -3.32. The van der Waals surface area contributed by atoms with Crippen molar-refractivity contribution in [1.29, 1.82) is 0 Å². The monoisotopic (exact) mass is 433 g/mol. The second kappa shape index (κ2) is 8.90. The predicted molar refractivity (Wildman–Crippen MR) is 145 cm³/mol. The summed E-state index contributed by atoms with van der Waals surface area (Å²) < 4.78 is 0. The molecule has 0 unspecified atom stereocenters. The maximum absolute atomic E-state index is 2.39. The molecule has 33 heavy (non-hydrogen) atoms. The molecule has 1 aliphatic carbocycles. The molecule has 1 heteroatoms. The van der Waals surface area contributed by atoms with Crippen molar-refractivity contribution >= 4 is 11.4 Å². The zero-order valence-electron chi connectivity index (χ0n) is 21.0. The lowest BCUT2D eigenvalue weighted by Crippen LogP contribution is -2.14. The fourth-order valence-electron chi connectivity index (χ4n) is 5.05. The van der Waals surface area contributed by atoms with Crippen molar-refractivity contribution in [2.45, 2.75) is 47.0 Å². The molecular formula is C32H35N. The first-order chi connectivity index (χ1) is 15.8. The van der Waals surface area contributed by atoms with E-state index in [1.165, 1.54) is 55.9 Å². The summed E-state index contributed by atoms with van der Waals surface area (Å²) in [6.45, 7) is 13.0. The first kappa shape index (κ1) is 22.9. The van der Waals surface area contributed by atoms with E-state index in [4.69, 9.17) is 0 Å². The van der Waals surface area contributed by atoms with E-state index in [1.54, 1.807) is 0 Å². The number of benzene rings is 4. The topological polar surface area (TPSA) is 3.24 Å². The Morgan fingerprint density at radius 2 is 1.15 bits per heavy atom. The van der Waals surface area contributed by atoms with Crippen LogP contribution in [0.5, 0.6) is 0 Å². The summed E-state index contributed by atoms with van der Waals surface area (Å²) in [5.74, 6) is 0. The first-order valence-corrected chi connectivity index (χ1v) is 12.0. The lowest BCUT2D eigenvalue weighted by atomic mass is 9.81. The van der Waals surface area contributed by atoms with E-state index in [-0.39, 0.29) is 5.41 Å². The molecule has 0 N–H and O–H groups in total. The van der Waals surface area contributed by atoms with Gasteiger partial charge in [0, 0.05) is 23.8 Å². The van der Waals surface area contributed by atoms with Crippen LogP contribution >= 0.6 is 0 Å². The van der Waals surface area contributed by atoms with Gasteiger partial charge in [-0.1, -0.05) is 82.3 Å². The van der Waals surface area contributed by atoms with Gasteiger partial charge < -0.3 is 4.90 Å². The number of hydrogen-bond acceptors (Lipinski definition) is 1. The van der Waals surface area contributed by atoms with Gasteiger partial charge in [-0.15, -0.1) is 0 Å². The minimum Gasteiger partial charge on any atom is -0.345 e. The van der Waals surface area contributed by atoms with Gasteiger partial charge in [0.2, 0.25) is 0 Å². The molecule has 0 radical (unpaired) electrons. The van der Waals surface area contributed by atoms with Gasteiger partial charge in [0.1, 0.15) is 0 Å². The normalized spacial score (nSPS) is 12.9. The van der Waals surface area contributed by atoms with E-state index >= 15 is 0 Å². The molecule has 0 aliphatic heterocycles. The van der Waals surface area contributed by atoms with Crippen LogP contribution in [0.25, 0.3) is 22.3 Å². The van der Waals surface area contributed by atoms with E-state index in [0.717, 1.165) is 0 Å². The molecule has 1 nitrogen and oxygen atoms in total. The molecule has 0 amide bonds. The second-order valence-electron chi connectivity index (χ2n) is 9.38. The molecule has 4 aromatic carbocycles. The largest absolute Gasteiger partial charge is 0.345 e. The highest BCUT2D eigenvalue weighted by atomic mass is 15.1. The highest BCUT2D eigenvalue weighted by Crippen LogP contribution is 2.49. The molecule has 0 atom stereocenters. The van der Waals surface area contributed by atoms with Crippen molar-refractivity contribution in [2.24, 2.45) is 0 Å². The van der Waals surface area contributed by atoms with Gasteiger partial charge in [0.05, 0.1) is 0 Å². The first-order valence-electron chi connectivity index (χ1n) is 12.0. The van der Waals surface area contributed by atoms with Gasteiger partial charge in [-0.3, -0.25) is 0 Å². The highest BCUT2D eigenvalue weighted by molar-refractivity contribution is 5.83. The molecule has 0 heterocycles. The number of rotatable bonds is 3. The molecule has 4 aromatic rings. The van der Waals surface area contributed by atoms with E-state index in [1.807, 2.05) is 13.8 Å². The number of hydrogen-bond donors (Lipinski definition) is 0. The summed E-state index contributed by atoms with van der Waals surface area (Å²) in [7, 11) is 2.14. The second-order valence-corrected chi connectivity index (χ2v) is 9.38. The van der Waals surface area contributed by atoms with Crippen LogP contribution in [0, 0.1) is 13.8 Å². The predicted octanol–water partition coefficient (Wildman–Crippen LogP) is 9.07. The van der Waals surface area contributed by atoms with Crippen molar-refractivity contribution < 1.29 is 0 Å². The number of aryl methyl sites for hydroxylation is 2. The average molecular weight is 434 g/mol. The van der Waals surface area contributed by atoms with Gasteiger partial charge in [0.15, 0.2) is 0 Å². The van der Waals surface area contributed by atoms with E-state index in [9.17, 15) is 0 Å². The molecule has 0 fully saturated rings. The van der Waals surface area contributed by atoms with Crippen LogP contribution in [0.2, 0.25) is 0 Å². The fraction of sp³-hybridized carbons (Fsp3) is 0.250. The van der Waals surface area contributed by atoms with Gasteiger partial charge in [-0.05, 0) is 88.7 Å². The van der Waals surface area contributed by atoms with Crippen molar-refractivity contribution in [3.05, 3.63) is 107 Å². The van der Waals surface area contributed by atoms with Crippen molar-refractivity contribution in [3.8, 4) is 22.3 Å². The van der Waals surface area contributed by atoms with Crippen molar-refractivity contribution in [1.82, 2.24) is 0 Å². The van der Waals surface area contributed by atoms with E-state index in [0.29, 0.717) is 0 Å². The molecule has 1 aliphatic rings. The smallest absolute Gasteiger partial charge is 0.0413 e. The Bertz CT molecular complexity index is 1260. The van der Waals surface area contributed by atoms with Crippen LogP contribution in [-0.4, -0.2) is 7.05 Å². The number of anilines is 2. The maximum Gasteiger partial charge on any atom is 0.0413 e. The molecule has 0 bridgehead atoms. The third-order valence-electron chi connectivity index (χ3n) is 6.77. The van der Waals surface area contributed by atoms with E-state index in [2.05, 4.69) is 125 Å². The Balaban J connectivity index is 0.00000126. The molecule has 168 valence electrons. The molecular weight excluding hydrogens is 398 g/mol. The SMILES string of the molecule is CC.Cc1cc(C)cc(N(C)c2ccc(-c3ccc4c(c3)C(C)(C)c3ccccc3-4)cc2)c1. The summed E-state index contributed by atoms with van der Waals surface area (Å²) in [6.07, 6.45) is 0. The summed E-state index contributed by atoms with van der Waals surface area (Å²) in [5, 5.41) is 0. The number of nitrogens with zero attached hydrogens (tertiary/aromatic N) is 1. The van der Waals surface area contributed by atoms with E-state index < -0.39 is 0 Å². The van der Waals surface area contributed by atoms with Gasteiger partial charge in [-0.25, -0.2) is 0 Å². The van der Waals surface area contributed by atoms with Gasteiger partial charge >= 0.3 is 0 Å². The minimum absolute atomic E-state index is 0.0329. The third kappa shape index (κ3) is 4.09. The van der Waals surface area contributed by atoms with Crippen LogP contribution in [0.15, 0.2) is 84.9 Å². The minimum atomic E-state index is 0.0329. The molecule has 5 rings (SSSR count). The maximum atomic E-state index is 2.39.